The summed E-state index contributed by atoms with van der Waals surface area (Å²) in [5, 5.41) is 5.28. The standard InChI is InChI=1S/C18H25N4O2P/c1-18(2)14-7-5-6-8-15(14)20(3)17(18)16-13-19-21(4)25(16,23)22-9-11-24-12-10-22/h5-8,13H,9-12H2,1-4H3/b17-16+/t25-/m1/s1. The molecular weight excluding hydrogens is 335 g/mol. The van der Waals surface area contributed by atoms with Crippen LogP contribution in [0.3, 0.4) is 0 Å². The van der Waals surface area contributed by atoms with Crippen molar-refractivity contribution in [2.45, 2.75) is 19.3 Å². The number of hydrazone groups is 1. The second-order valence-electron chi connectivity index (χ2n) is 7.28. The van der Waals surface area contributed by atoms with Gasteiger partial charge in [-0.2, -0.15) is 5.10 Å². The van der Waals surface area contributed by atoms with Crippen LogP contribution in [0.1, 0.15) is 19.4 Å². The third kappa shape index (κ3) is 2.24. The summed E-state index contributed by atoms with van der Waals surface area (Å²) in [6.07, 6.45) is 1.80. The zero-order valence-electron chi connectivity index (χ0n) is 15.3. The van der Waals surface area contributed by atoms with Crippen molar-refractivity contribution in [3.05, 3.63) is 40.8 Å². The van der Waals surface area contributed by atoms with Crippen molar-refractivity contribution >= 4 is 19.3 Å². The third-order valence-electron chi connectivity index (χ3n) is 5.53. The number of hydrogen-bond acceptors (Lipinski definition) is 4. The average molecular weight is 360 g/mol. The molecule has 0 aliphatic carbocycles. The first kappa shape index (κ1) is 16.8. The lowest BCUT2D eigenvalue weighted by Crippen LogP contribution is -2.37. The van der Waals surface area contributed by atoms with Gasteiger partial charge in [0.2, 0.25) is 0 Å². The number of nitrogens with zero attached hydrogens (tertiary/aromatic N) is 4. The lowest BCUT2D eigenvalue weighted by molar-refractivity contribution is 0.0701. The molecule has 3 aliphatic rings. The van der Waals surface area contributed by atoms with Crippen LogP contribution in [0.4, 0.5) is 5.69 Å². The quantitative estimate of drug-likeness (QED) is 0.721. The average Bonchev–Trinajstić information content (AvgIpc) is 3.02. The highest BCUT2D eigenvalue weighted by atomic mass is 31.2. The Morgan fingerprint density at radius 2 is 1.84 bits per heavy atom. The Hall–Kier alpha value is -1.62. The summed E-state index contributed by atoms with van der Waals surface area (Å²) < 4.78 is 23.4. The molecule has 0 bridgehead atoms. The molecule has 3 aliphatic heterocycles. The number of hydrogen-bond donors (Lipinski definition) is 0. The number of anilines is 1. The number of likely N-dealkylation sites (N-methyl/N-ethyl adjacent to an activating group) is 1. The highest BCUT2D eigenvalue weighted by Crippen LogP contribution is 2.65. The van der Waals surface area contributed by atoms with Crippen LogP contribution in [-0.4, -0.2) is 56.1 Å². The number of ether oxygens (including phenoxy) is 1. The Labute approximate surface area is 149 Å². The second kappa shape index (κ2) is 5.70. The topological polar surface area (TPSA) is 48.4 Å². The Balaban J connectivity index is 1.89. The maximum absolute atomic E-state index is 14.2. The summed E-state index contributed by atoms with van der Waals surface area (Å²) in [7, 11) is 0.937. The van der Waals surface area contributed by atoms with E-state index in [2.05, 4.69) is 59.8 Å². The molecule has 134 valence electrons. The summed E-state index contributed by atoms with van der Waals surface area (Å²) in [5.41, 5.74) is 3.29. The molecule has 3 heterocycles. The monoisotopic (exact) mass is 360 g/mol. The minimum atomic E-state index is -2.94. The van der Waals surface area contributed by atoms with Crippen molar-refractivity contribution < 1.29 is 9.30 Å². The van der Waals surface area contributed by atoms with Crippen LogP contribution in [0.2, 0.25) is 0 Å². The molecule has 1 fully saturated rings. The van der Waals surface area contributed by atoms with Crippen LogP contribution in [0.5, 0.6) is 0 Å². The van der Waals surface area contributed by atoms with Gasteiger partial charge in [-0.15, -0.1) is 0 Å². The van der Waals surface area contributed by atoms with Gasteiger partial charge in [-0.1, -0.05) is 32.0 Å². The molecule has 7 heteroatoms. The van der Waals surface area contributed by atoms with E-state index in [1.54, 1.807) is 11.0 Å². The first-order valence-electron chi connectivity index (χ1n) is 8.68. The molecule has 1 aromatic carbocycles. The van der Waals surface area contributed by atoms with Gasteiger partial charge in [0.25, 0.3) is 7.44 Å². The Morgan fingerprint density at radius 3 is 2.52 bits per heavy atom. The van der Waals surface area contributed by atoms with Gasteiger partial charge in [0.15, 0.2) is 0 Å². The van der Waals surface area contributed by atoms with Crippen molar-refractivity contribution in [3.8, 4) is 0 Å². The van der Waals surface area contributed by atoms with Gasteiger partial charge in [0.1, 0.15) is 0 Å². The van der Waals surface area contributed by atoms with Crippen molar-refractivity contribution in [3.63, 3.8) is 0 Å². The number of rotatable bonds is 1. The molecule has 0 radical (unpaired) electrons. The fourth-order valence-electron chi connectivity index (χ4n) is 4.25. The third-order valence-corrected chi connectivity index (χ3v) is 8.54. The van der Waals surface area contributed by atoms with Crippen molar-refractivity contribution in [1.29, 1.82) is 0 Å². The van der Waals surface area contributed by atoms with Crippen molar-refractivity contribution in [2.75, 3.05) is 45.3 Å². The Kier molecular flexibility index (Phi) is 3.83. The summed E-state index contributed by atoms with van der Waals surface area (Å²) in [6, 6.07) is 8.41. The van der Waals surface area contributed by atoms with Crippen molar-refractivity contribution in [2.24, 2.45) is 5.10 Å². The SMILES string of the molecule is CN1/C(=C2\C=NN(C)[P@@]2(=O)N2CCOCC2)C(C)(C)c2ccccc21. The zero-order valence-corrected chi connectivity index (χ0v) is 16.2. The maximum atomic E-state index is 14.2. The smallest absolute Gasteiger partial charge is 0.287 e. The number of morpholine rings is 1. The van der Waals surface area contributed by atoms with Crippen LogP contribution in [0.15, 0.2) is 40.4 Å². The predicted molar refractivity (Wildman–Crippen MR) is 101 cm³/mol. The van der Waals surface area contributed by atoms with Crippen LogP contribution in [0, 0.1) is 0 Å². The van der Waals surface area contributed by atoms with Gasteiger partial charge >= 0.3 is 0 Å². The first-order chi connectivity index (χ1) is 11.9. The summed E-state index contributed by atoms with van der Waals surface area (Å²) in [4.78, 5) is 2.18. The molecule has 4 rings (SSSR count). The molecule has 0 aromatic heterocycles. The molecule has 0 spiro atoms. The van der Waals surface area contributed by atoms with Crippen LogP contribution < -0.4 is 4.90 Å². The van der Waals surface area contributed by atoms with Gasteiger partial charge < -0.3 is 9.64 Å². The van der Waals surface area contributed by atoms with E-state index in [0.29, 0.717) is 26.3 Å². The summed E-state index contributed by atoms with van der Waals surface area (Å²) >= 11 is 0. The van der Waals surface area contributed by atoms with Crippen LogP contribution in [0.25, 0.3) is 0 Å². The van der Waals surface area contributed by atoms with E-state index >= 15 is 0 Å². The fraction of sp³-hybridized carbons (Fsp3) is 0.500. The molecule has 0 unspecified atom stereocenters. The molecule has 0 N–H and O–H groups in total. The first-order valence-corrected chi connectivity index (χ1v) is 10.3. The molecule has 0 saturated carbocycles. The lowest BCUT2D eigenvalue weighted by atomic mass is 9.84. The minimum Gasteiger partial charge on any atom is -0.379 e. The largest absolute Gasteiger partial charge is 0.379 e. The number of benzene rings is 1. The van der Waals surface area contributed by atoms with Gasteiger partial charge in [0.05, 0.1) is 24.7 Å². The summed E-state index contributed by atoms with van der Waals surface area (Å²) in [6.45, 7) is 6.96. The minimum absolute atomic E-state index is 0.222. The van der Waals surface area contributed by atoms with Gasteiger partial charge in [-0.3, -0.25) is 4.57 Å². The normalized spacial score (nSPS) is 31.7. The van der Waals surface area contributed by atoms with Crippen LogP contribution in [-0.2, 0) is 14.7 Å². The van der Waals surface area contributed by atoms with Gasteiger partial charge in [-0.05, 0) is 11.6 Å². The zero-order chi connectivity index (χ0) is 17.8. The molecule has 6 nitrogen and oxygen atoms in total. The molecular formula is C18H25N4O2P. The molecule has 1 saturated heterocycles. The fourth-order valence-corrected chi connectivity index (χ4v) is 7.04. The van der Waals surface area contributed by atoms with E-state index in [0.717, 1.165) is 11.0 Å². The van der Waals surface area contributed by atoms with Gasteiger partial charge in [0, 0.05) is 44.0 Å². The van der Waals surface area contributed by atoms with E-state index in [1.165, 1.54) is 11.3 Å². The predicted octanol–water partition coefficient (Wildman–Crippen LogP) is 3.08. The van der Waals surface area contributed by atoms with E-state index in [9.17, 15) is 4.57 Å². The van der Waals surface area contributed by atoms with Crippen LogP contribution >= 0.6 is 7.44 Å². The highest BCUT2D eigenvalue weighted by Gasteiger charge is 2.49. The molecule has 25 heavy (non-hydrogen) atoms. The summed E-state index contributed by atoms with van der Waals surface area (Å²) in [5.74, 6) is 0. The Bertz CT molecular complexity index is 811. The Morgan fingerprint density at radius 1 is 1.16 bits per heavy atom. The molecule has 0 amide bonds. The van der Waals surface area contributed by atoms with E-state index in [4.69, 9.17) is 4.74 Å². The number of fused-ring (bicyclic) bond motifs is 1. The molecule has 1 aromatic rings. The highest BCUT2D eigenvalue weighted by molar-refractivity contribution is 7.65. The van der Waals surface area contributed by atoms with E-state index in [-0.39, 0.29) is 5.41 Å². The number of allylic oxidation sites excluding steroid dienone is 2. The van der Waals surface area contributed by atoms with E-state index < -0.39 is 7.44 Å². The molecule has 1 atom stereocenters. The number of para-hydroxylation sites is 1. The second-order valence-corrected chi connectivity index (χ2v) is 9.99. The van der Waals surface area contributed by atoms with Crippen molar-refractivity contribution in [1.82, 2.24) is 9.45 Å². The van der Waals surface area contributed by atoms with Gasteiger partial charge in [-0.25, -0.2) is 9.45 Å². The lowest BCUT2D eigenvalue weighted by Gasteiger charge is -2.37. The van der Waals surface area contributed by atoms with E-state index in [1.807, 2.05) is 7.05 Å². The maximum Gasteiger partial charge on any atom is 0.287 e.